The summed E-state index contributed by atoms with van der Waals surface area (Å²) in [6, 6.07) is 0. The Bertz CT molecular complexity index is 847. The molecule has 2 N–H and O–H groups in total. The van der Waals surface area contributed by atoms with Crippen LogP contribution < -0.4 is 5.32 Å². The topological polar surface area (TPSA) is 97.4 Å². The molecule has 4 rings (SSSR count). The number of rotatable bonds is 4. The number of epoxide rings is 1. The van der Waals surface area contributed by atoms with E-state index in [1.807, 2.05) is 13.8 Å². The summed E-state index contributed by atoms with van der Waals surface area (Å²) in [5.41, 5.74) is 0.221. The lowest BCUT2D eigenvalue weighted by molar-refractivity contribution is -0.346. The third kappa shape index (κ3) is 3.37. The monoisotopic (exact) mass is 401 g/mol. The minimum absolute atomic E-state index is 0.0269. The van der Waals surface area contributed by atoms with Crippen LogP contribution >= 0.6 is 0 Å². The number of carbonyl (C=O) groups excluding carboxylic acids is 2. The van der Waals surface area contributed by atoms with Crippen LogP contribution in [0.5, 0.6) is 0 Å². The zero-order chi connectivity index (χ0) is 21.0. The second kappa shape index (κ2) is 6.93. The molecule has 0 radical (unpaired) electrons. The number of aliphatic hydroxyl groups is 1. The predicted molar refractivity (Wildman–Crippen MR) is 105 cm³/mol. The number of aliphatic hydroxyl groups excluding tert-OH is 1. The Morgan fingerprint density at radius 1 is 1.34 bits per heavy atom. The van der Waals surface area contributed by atoms with Crippen molar-refractivity contribution in [3.05, 3.63) is 47.3 Å². The molecule has 0 aliphatic carbocycles. The van der Waals surface area contributed by atoms with Gasteiger partial charge in [-0.25, -0.2) is 0 Å². The number of carbonyl (C=O) groups is 2. The molecular weight excluding hydrogens is 374 g/mol. The van der Waals surface area contributed by atoms with E-state index in [0.29, 0.717) is 6.61 Å². The number of Topliss-reactive ketones (excluding diaryl/α,β-unsaturated/α-hetero) is 1. The summed E-state index contributed by atoms with van der Waals surface area (Å²) >= 11 is 0. The smallest absolute Gasteiger partial charge is 0.259 e. The summed E-state index contributed by atoms with van der Waals surface area (Å²) < 4.78 is 18.2. The Kier molecular flexibility index (Phi) is 4.80. The molecule has 156 valence electrons. The van der Waals surface area contributed by atoms with Crippen molar-refractivity contribution in [1.29, 1.82) is 0 Å². The third-order valence-corrected chi connectivity index (χ3v) is 6.26. The number of hydrogen-bond donors (Lipinski definition) is 2. The summed E-state index contributed by atoms with van der Waals surface area (Å²) in [6.07, 6.45) is 9.18. The molecule has 7 nitrogen and oxygen atoms in total. The van der Waals surface area contributed by atoms with Crippen LogP contribution in [-0.2, 0) is 23.8 Å². The summed E-state index contributed by atoms with van der Waals surface area (Å²) in [6.45, 7) is 8.56. The van der Waals surface area contributed by atoms with Crippen LogP contribution in [0.1, 0.15) is 27.7 Å². The third-order valence-electron chi connectivity index (χ3n) is 6.26. The minimum atomic E-state index is -0.797. The van der Waals surface area contributed by atoms with Gasteiger partial charge in [0.05, 0.1) is 25.4 Å². The minimum Gasteiger partial charge on any atom is -0.507 e. The van der Waals surface area contributed by atoms with Crippen LogP contribution in [0.15, 0.2) is 47.3 Å². The average molecular weight is 401 g/mol. The van der Waals surface area contributed by atoms with Gasteiger partial charge in [-0.2, -0.15) is 0 Å². The van der Waals surface area contributed by atoms with E-state index in [2.05, 4.69) is 37.4 Å². The van der Waals surface area contributed by atoms with E-state index in [0.717, 1.165) is 5.57 Å². The molecule has 3 saturated heterocycles. The Hall–Kier alpha value is -2.22. The van der Waals surface area contributed by atoms with Gasteiger partial charge in [-0.3, -0.25) is 9.59 Å². The summed E-state index contributed by atoms with van der Waals surface area (Å²) in [5, 5.41) is 12.5. The maximum Gasteiger partial charge on any atom is 0.259 e. The van der Waals surface area contributed by atoms with Crippen LogP contribution in [0.2, 0.25) is 0 Å². The molecular formula is C22H27NO6. The van der Waals surface area contributed by atoms with Crippen molar-refractivity contribution < 1.29 is 28.9 Å². The molecule has 0 aromatic carbocycles. The lowest BCUT2D eigenvalue weighted by Crippen LogP contribution is -2.61. The average Bonchev–Trinajstić information content (AvgIpc) is 3.39. The lowest BCUT2D eigenvalue weighted by Gasteiger charge is -2.51. The summed E-state index contributed by atoms with van der Waals surface area (Å²) in [5.74, 6) is -1.82. The predicted octanol–water partition coefficient (Wildman–Crippen LogP) is 2.11. The quantitative estimate of drug-likeness (QED) is 0.187. The number of ketones is 1. The van der Waals surface area contributed by atoms with Gasteiger partial charge in [0.2, 0.25) is 5.79 Å². The zero-order valence-corrected chi connectivity index (χ0v) is 17.1. The molecule has 0 aromatic heterocycles. The van der Waals surface area contributed by atoms with E-state index in [-0.39, 0.29) is 41.9 Å². The fraction of sp³-hybridized carbons (Fsp3) is 0.545. The summed E-state index contributed by atoms with van der Waals surface area (Å²) in [7, 11) is 0. The largest absolute Gasteiger partial charge is 0.507 e. The fourth-order valence-electron chi connectivity index (χ4n) is 4.37. The number of ether oxygens (including phenoxy) is 3. The van der Waals surface area contributed by atoms with Crippen LogP contribution in [0.3, 0.4) is 0 Å². The molecule has 0 saturated carbocycles. The maximum atomic E-state index is 11.7. The number of hydrogen-bond acceptors (Lipinski definition) is 6. The standard InChI is InChI=1S/C22H27NO6/c1-12(5-6-15(24)18-16(25)10-23-20(18)26)9-13(2)19-14(3)17-7-8-22(11-27-22)21(4,28-17)29-19/h5-9,13-14,17,19,24H,10-11H2,1-4H3,(H,23,26)/b6-5+,12-9+,18-15-/t13-,14+,17-,19-,21-,22?/m1/s1. The van der Waals surface area contributed by atoms with Crippen LogP contribution in [-0.4, -0.2) is 53.5 Å². The van der Waals surface area contributed by atoms with Gasteiger partial charge in [0, 0.05) is 11.8 Å². The molecule has 1 unspecified atom stereocenters. The molecule has 4 aliphatic rings. The Balaban J connectivity index is 1.49. The van der Waals surface area contributed by atoms with Crippen molar-refractivity contribution >= 4 is 11.7 Å². The van der Waals surface area contributed by atoms with Crippen molar-refractivity contribution in [3.63, 3.8) is 0 Å². The second-order valence-electron chi connectivity index (χ2n) is 8.48. The number of nitrogens with one attached hydrogen (secondary N) is 1. The Morgan fingerprint density at radius 2 is 2.07 bits per heavy atom. The van der Waals surface area contributed by atoms with Gasteiger partial charge in [-0.1, -0.05) is 37.6 Å². The van der Waals surface area contributed by atoms with Gasteiger partial charge in [0.15, 0.2) is 11.4 Å². The number of amides is 1. The second-order valence-corrected chi connectivity index (χ2v) is 8.48. The molecule has 1 amide bonds. The molecule has 2 bridgehead atoms. The first-order valence-corrected chi connectivity index (χ1v) is 9.96. The summed E-state index contributed by atoms with van der Waals surface area (Å²) in [4.78, 5) is 23.3. The van der Waals surface area contributed by atoms with E-state index in [4.69, 9.17) is 14.2 Å². The maximum absolute atomic E-state index is 11.7. The first-order valence-electron chi connectivity index (χ1n) is 9.96. The lowest BCUT2D eigenvalue weighted by atomic mass is 9.82. The van der Waals surface area contributed by atoms with E-state index in [1.54, 1.807) is 6.08 Å². The Labute approximate surface area is 170 Å². The molecule has 29 heavy (non-hydrogen) atoms. The van der Waals surface area contributed by atoms with E-state index >= 15 is 0 Å². The fourth-order valence-corrected chi connectivity index (χ4v) is 4.37. The number of allylic oxidation sites excluding steroid dienone is 3. The highest BCUT2D eigenvalue weighted by molar-refractivity contribution is 6.25. The molecule has 4 aliphatic heterocycles. The van der Waals surface area contributed by atoms with Gasteiger partial charge in [-0.05, 0) is 26.0 Å². The van der Waals surface area contributed by atoms with Crippen LogP contribution in [0.4, 0.5) is 0 Å². The molecule has 1 spiro atoms. The highest BCUT2D eigenvalue weighted by Gasteiger charge is 2.65. The van der Waals surface area contributed by atoms with Crippen molar-refractivity contribution in [1.82, 2.24) is 5.32 Å². The van der Waals surface area contributed by atoms with Gasteiger partial charge in [0.1, 0.15) is 11.3 Å². The van der Waals surface area contributed by atoms with Gasteiger partial charge < -0.3 is 24.6 Å². The van der Waals surface area contributed by atoms with Crippen LogP contribution in [0.25, 0.3) is 0 Å². The van der Waals surface area contributed by atoms with Crippen molar-refractivity contribution in [2.75, 3.05) is 13.2 Å². The SMILES string of the molecule is CC(/C=C/C(O)=C1\C(=O)CNC1=O)=C\[C@@H](C)[C@H]1O[C@@]2(C)O[C@H](C=CC23CO3)[C@@H]1C. The first-order chi connectivity index (χ1) is 13.7. The molecule has 4 heterocycles. The first kappa shape index (κ1) is 20.1. The molecule has 3 fully saturated rings. The van der Waals surface area contributed by atoms with Gasteiger partial charge in [0.25, 0.3) is 5.91 Å². The number of fused-ring (bicyclic) bond motifs is 3. The van der Waals surface area contributed by atoms with Gasteiger partial charge >= 0.3 is 0 Å². The van der Waals surface area contributed by atoms with Crippen molar-refractivity contribution in [3.8, 4) is 0 Å². The molecule has 0 aromatic rings. The van der Waals surface area contributed by atoms with Gasteiger partial charge in [-0.15, -0.1) is 0 Å². The highest BCUT2D eigenvalue weighted by Crippen LogP contribution is 2.51. The van der Waals surface area contributed by atoms with E-state index in [1.165, 1.54) is 6.08 Å². The molecule has 7 heteroatoms. The van der Waals surface area contributed by atoms with E-state index in [9.17, 15) is 14.7 Å². The normalized spacial score (nSPS) is 41.8. The van der Waals surface area contributed by atoms with Crippen LogP contribution in [0, 0.1) is 11.8 Å². The van der Waals surface area contributed by atoms with Crippen molar-refractivity contribution in [2.24, 2.45) is 11.8 Å². The molecule has 6 atom stereocenters. The zero-order valence-electron chi connectivity index (χ0n) is 17.1. The van der Waals surface area contributed by atoms with Crippen molar-refractivity contribution in [2.45, 2.75) is 51.3 Å². The van der Waals surface area contributed by atoms with E-state index < -0.39 is 23.1 Å². The Morgan fingerprint density at radius 3 is 2.69 bits per heavy atom. The highest BCUT2D eigenvalue weighted by atomic mass is 16.8.